The molecule has 0 aromatic carbocycles. The summed E-state index contributed by atoms with van der Waals surface area (Å²) in [5.74, 6) is 0. The molecule has 0 aliphatic carbocycles. The maximum absolute atomic E-state index is 5.95. The van der Waals surface area contributed by atoms with Gasteiger partial charge in [0, 0.05) is 13.2 Å². The van der Waals surface area contributed by atoms with E-state index in [1.54, 1.807) is 0 Å². The van der Waals surface area contributed by atoms with Crippen molar-refractivity contribution in [3.63, 3.8) is 0 Å². The molecule has 0 rings (SSSR count). The number of allylic oxidation sites excluding steroid dienone is 4. The molecule has 0 saturated carbocycles. The molecule has 0 aromatic heterocycles. The smallest absolute Gasteiger partial charge is 0.0644 e. The molecule has 0 N–H and O–H groups in total. The zero-order valence-corrected chi connectivity index (χ0v) is 23.7. The first kappa shape index (κ1) is 33.4. The van der Waals surface area contributed by atoms with Gasteiger partial charge in [0.2, 0.25) is 0 Å². The summed E-state index contributed by atoms with van der Waals surface area (Å²) in [4.78, 5) is 2.23. The van der Waals surface area contributed by atoms with Crippen molar-refractivity contribution >= 4 is 0 Å². The van der Waals surface area contributed by atoms with Crippen molar-refractivity contribution in [1.82, 2.24) is 4.90 Å². The largest absolute Gasteiger partial charge is 0.380 e. The van der Waals surface area contributed by atoms with Crippen LogP contribution in [0.5, 0.6) is 0 Å². The molecule has 0 heterocycles. The van der Waals surface area contributed by atoms with Crippen LogP contribution in [0, 0.1) is 0 Å². The summed E-state index contributed by atoms with van der Waals surface area (Å²) in [6.45, 7) is 7.85. The van der Waals surface area contributed by atoms with Crippen molar-refractivity contribution in [3.05, 3.63) is 24.3 Å². The van der Waals surface area contributed by atoms with Gasteiger partial charge in [-0.1, -0.05) is 109 Å². The Bertz CT molecular complexity index is 433. The molecule has 0 unspecified atom stereocenters. The second kappa shape index (κ2) is 28.6. The Morgan fingerprint density at radius 2 is 0.941 bits per heavy atom. The summed E-state index contributed by atoms with van der Waals surface area (Å²) in [6, 6.07) is 0.369. The van der Waals surface area contributed by atoms with Gasteiger partial charge in [0.05, 0.1) is 19.3 Å². The number of rotatable bonds is 27. The van der Waals surface area contributed by atoms with E-state index in [0.29, 0.717) is 6.04 Å². The quantitative estimate of drug-likeness (QED) is 0.0865. The molecule has 3 heteroatoms. The van der Waals surface area contributed by atoms with E-state index in [1.165, 1.54) is 109 Å². The van der Waals surface area contributed by atoms with Gasteiger partial charge < -0.3 is 14.4 Å². The summed E-state index contributed by atoms with van der Waals surface area (Å²) >= 11 is 0. The molecule has 34 heavy (non-hydrogen) atoms. The van der Waals surface area contributed by atoms with Gasteiger partial charge in [-0.05, 0) is 59.0 Å². The molecular weight excluding hydrogens is 418 g/mol. The maximum atomic E-state index is 5.95. The lowest BCUT2D eigenvalue weighted by atomic mass is 10.1. The lowest BCUT2D eigenvalue weighted by Gasteiger charge is -2.24. The normalized spacial score (nSPS) is 13.1. The third-order valence-corrected chi connectivity index (χ3v) is 6.48. The third-order valence-electron chi connectivity index (χ3n) is 6.48. The molecule has 0 aliphatic heterocycles. The van der Waals surface area contributed by atoms with Crippen LogP contribution in [0.4, 0.5) is 0 Å². The molecule has 202 valence electrons. The molecule has 0 spiro atoms. The highest BCUT2D eigenvalue weighted by atomic mass is 16.5. The first-order chi connectivity index (χ1) is 16.7. The Morgan fingerprint density at radius 1 is 0.529 bits per heavy atom. The van der Waals surface area contributed by atoms with Crippen LogP contribution in [-0.2, 0) is 9.47 Å². The maximum Gasteiger partial charge on any atom is 0.0644 e. The molecule has 0 saturated heterocycles. The van der Waals surface area contributed by atoms with E-state index in [0.717, 1.165) is 32.8 Å². The van der Waals surface area contributed by atoms with Gasteiger partial charge in [0.15, 0.2) is 0 Å². The second-order valence-corrected chi connectivity index (χ2v) is 10.1. The van der Waals surface area contributed by atoms with E-state index in [4.69, 9.17) is 9.47 Å². The fraction of sp³-hybridized carbons (Fsp3) is 0.871. The van der Waals surface area contributed by atoms with Gasteiger partial charge in [0.1, 0.15) is 0 Å². The second-order valence-electron chi connectivity index (χ2n) is 10.1. The van der Waals surface area contributed by atoms with Crippen LogP contribution < -0.4 is 0 Å². The molecule has 1 atom stereocenters. The minimum atomic E-state index is 0.369. The van der Waals surface area contributed by atoms with E-state index < -0.39 is 0 Å². The number of nitrogens with zero attached hydrogens (tertiary/aromatic N) is 1. The van der Waals surface area contributed by atoms with Gasteiger partial charge >= 0.3 is 0 Å². The van der Waals surface area contributed by atoms with Gasteiger partial charge in [-0.15, -0.1) is 0 Å². The summed E-state index contributed by atoms with van der Waals surface area (Å²) in [6.07, 6.45) is 32.8. The Morgan fingerprint density at radius 3 is 1.44 bits per heavy atom. The fourth-order valence-electron chi connectivity index (χ4n) is 3.96. The molecule has 0 radical (unpaired) electrons. The van der Waals surface area contributed by atoms with Gasteiger partial charge in [-0.25, -0.2) is 0 Å². The Hall–Kier alpha value is -0.640. The molecule has 0 amide bonds. The van der Waals surface area contributed by atoms with E-state index in [1.807, 2.05) is 0 Å². The van der Waals surface area contributed by atoms with Crippen molar-refractivity contribution in [2.45, 2.75) is 135 Å². The fourth-order valence-corrected chi connectivity index (χ4v) is 3.96. The summed E-state index contributed by atoms with van der Waals surface area (Å²) in [5, 5.41) is 0. The zero-order valence-electron chi connectivity index (χ0n) is 23.7. The van der Waals surface area contributed by atoms with Gasteiger partial charge in [-0.2, -0.15) is 0 Å². The Labute approximate surface area is 214 Å². The average Bonchev–Trinajstić information content (AvgIpc) is 2.83. The lowest BCUT2D eigenvalue weighted by molar-refractivity contribution is 0.0198. The SMILES string of the molecule is CCCCC/C=C\CC=CCCCCCCCCCCOC[C@H](COCCCCCC)N(C)C. The predicted molar refractivity (Wildman–Crippen MR) is 152 cm³/mol. The van der Waals surface area contributed by atoms with Gasteiger partial charge in [0.25, 0.3) is 0 Å². The van der Waals surface area contributed by atoms with Crippen LogP contribution in [0.2, 0.25) is 0 Å². The van der Waals surface area contributed by atoms with Crippen LogP contribution in [0.1, 0.15) is 129 Å². The number of unbranched alkanes of at least 4 members (excludes halogenated alkanes) is 14. The summed E-state index contributed by atoms with van der Waals surface area (Å²) < 4.78 is 11.8. The number of hydrogen-bond acceptors (Lipinski definition) is 3. The highest BCUT2D eigenvalue weighted by molar-refractivity contribution is 4.92. The number of likely N-dealkylation sites (N-methyl/N-ethyl adjacent to an activating group) is 1. The van der Waals surface area contributed by atoms with Crippen molar-refractivity contribution < 1.29 is 9.47 Å². The number of ether oxygens (including phenoxy) is 2. The summed E-state index contributed by atoms with van der Waals surface area (Å²) in [5.41, 5.74) is 0. The standard InChI is InChI=1S/C31H61NO2/c1-5-7-9-11-12-13-14-15-16-17-18-19-20-21-22-23-24-26-28-34-30-31(32(3)4)29-33-27-25-10-8-6-2/h12-13,15-16,31H,5-11,14,17-30H2,1-4H3/b13-12-,16-15?/t31-/m0/s1. The molecule has 0 bridgehead atoms. The van der Waals surface area contributed by atoms with Crippen LogP contribution in [0.15, 0.2) is 24.3 Å². The lowest BCUT2D eigenvalue weighted by Crippen LogP contribution is -2.37. The minimum absolute atomic E-state index is 0.369. The molecule has 0 aliphatic rings. The van der Waals surface area contributed by atoms with E-state index >= 15 is 0 Å². The van der Waals surface area contributed by atoms with E-state index in [2.05, 4.69) is 57.1 Å². The van der Waals surface area contributed by atoms with Crippen molar-refractivity contribution in [1.29, 1.82) is 0 Å². The van der Waals surface area contributed by atoms with Crippen LogP contribution in [0.3, 0.4) is 0 Å². The molecule has 0 aromatic rings. The molecular formula is C31H61NO2. The third kappa shape index (κ3) is 26.0. The highest BCUT2D eigenvalue weighted by Crippen LogP contribution is 2.10. The van der Waals surface area contributed by atoms with Crippen LogP contribution in [0.25, 0.3) is 0 Å². The minimum Gasteiger partial charge on any atom is -0.380 e. The van der Waals surface area contributed by atoms with Crippen molar-refractivity contribution in [3.8, 4) is 0 Å². The predicted octanol–water partition coefficient (Wildman–Crippen LogP) is 9.12. The molecule has 3 nitrogen and oxygen atoms in total. The Balaban J connectivity index is 3.39. The van der Waals surface area contributed by atoms with Gasteiger partial charge in [-0.3, -0.25) is 0 Å². The molecule has 0 fully saturated rings. The van der Waals surface area contributed by atoms with E-state index in [-0.39, 0.29) is 0 Å². The van der Waals surface area contributed by atoms with Crippen LogP contribution >= 0.6 is 0 Å². The zero-order chi connectivity index (χ0) is 25.0. The Kier molecular flexibility index (Phi) is 28.1. The van der Waals surface area contributed by atoms with E-state index in [9.17, 15) is 0 Å². The monoisotopic (exact) mass is 479 g/mol. The van der Waals surface area contributed by atoms with Crippen molar-refractivity contribution in [2.75, 3.05) is 40.5 Å². The summed E-state index contributed by atoms with van der Waals surface area (Å²) in [7, 11) is 4.25. The van der Waals surface area contributed by atoms with Crippen molar-refractivity contribution in [2.24, 2.45) is 0 Å². The first-order valence-corrected chi connectivity index (χ1v) is 14.8. The first-order valence-electron chi connectivity index (χ1n) is 14.8. The highest BCUT2D eigenvalue weighted by Gasteiger charge is 2.11. The topological polar surface area (TPSA) is 21.7 Å². The number of hydrogen-bond donors (Lipinski definition) is 0. The average molecular weight is 480 g/mol. The van der Waals surface area contributed by atoms with Crippen LogP contribution in [-0.4, -0.2) is 51.5 Å².